The van der Waals surface area contributed by atoms with E-state index >= 15 is 0 Å². The molecule has 23 heavy (non-hydrogen) atoms. The molecule has 2 aromatic rings. The SMILES string of the molecule is Cc1nc(-c2cccc(C(=O)N3CCCCC3C(=O)O)c2)cs1. The molecule has 6 heteroatoms. The number of likely N-dealkylation sites (tertiary alicyclic amines) is 1. The van der Waals surface area contributed by atoms with Gasteiger partial charge in [-0.3, -0.25) is 4.79 Å². The number of carbonyl (C=O) groups excluding carboxylic acids is 1. The van der Waals surface area contributed by atoms with Crippen LogP contribution in [0.25, 0.3) is 11.3 Å². The Kier molecular flexibility index (Phi) is 4.43. The number of hydrogen-bond donors (Lipinski definition) is 1. The van der Waals surface area contributed by atoms with Gasteiger partial charge in [-0.25, -0.2) is 9.78 Å². The van der Waals surface area contributed by atoms with Crippen LogP contribution >= 0.6 is 11.3 Å². The molecule has 1 fully saturated rings. The number of carboxylic acid groups (broad SMARTS) is 1. The second-order valence-corrected chi connectivity index (χ2v) is 6.74. The summed E-state index contributed by atoms with van der Waals surface area (Å²) in [6, 6.07) is 6.54. The molecule has 0 bridgehead atoms. The van der Waals surface area contributed by atoms with Gasteiger partial charge < -0.3 is 10.0 Å². The van der Waals surface area contributed by atoms with Gasteiger partial charge in [0.2, 0.25) is 0 Å². The predicted octanol–water partition coefficient (Wildman–Crippen LogP) is 3.20. The average molecular weight is 330 g/mol. The van der Waals surface area contributed by atoms with Crippen LogP contribution in [-0.4, -0.2) is 39.5 Å². The molecule has 5 nitrogen and oxygen atoms in total. The number of piperidine rings is 1. The summed E-state index contributed by atoms with van der Waals surface area (Å²) in [5.41, 5.74) is 2.24. The maximum Gasteiger partial charge on any atom is 0.326 e. The van der Waals surface area contributed by atoms with Gasteiger partial charge in [-0.15, -0.1) is 11.3 Å². The van der Waals surface area contributed by atoms with Crippen molar-refractivity contribution in [2.45, 2.75) is 32.2 Å². The van der Waals surface area contributed by atoms with E-state index in [1.807, 2.05) is 24.4 Å². The number of thiazole rings is 1. The predicted molar refractivity (Wildman–Crippen MR) is 88.6 cm³/mol. The van der Waals surface area contributed by atoms with Crippen LogP contribution in [-0.2, 0) is 4.79 Å². The lowest BCUT2D eigenvalue weighted by atomic mass is 10.00. The van der Waals surface area contributed by atoms with Gasteiger partial charge in [0.1, 0.15) is 6.04 Å². The van der Waals surface area contributed by atoms with Crippen LogP contribution in [0.15, 0.2) is 29.6 Å². The minimum Gasteiger partial charge on any atom is -0.480 e. The van der Waals surface area contributed by atoms with E-state index in [2.05, 4.69) is 4.98 Å². The number of carboxylic acids is 1. The fourth-order valence-electron chi connectivity index (χ4n) is 2.90. The van der Waals surface area contributed by atoms with Crippen molar-refractivity contribution >= 4 is 23.2 Å². The molecule has 2 heterocycles. The zero-order valence-electron chi connectivity index (χ0n) is 12.9. The molecule has 1 aliphatic rings. The van der Waals surface area contributed by atoms with Crippen LogP contribution in [0, 0.1) is 6.92 Å². The van der Waals surface area contributed by atoms with E-state index in [1.54, 1.807) is 23.5 Å². The number of benzene rings is 1. The van der Waals surface area contributed by atoms with Crippen molar-refractivity contribution in [1.82, 2.24) is 9.88 Å². The van der Waals surface area contributed by atoms with Gasteiger partial charge in [0.15, 0.2) is 0 Å². The van der Waals surface area contributed by atoms with Gasteiger partial charge in [-0.05, 0) is 38.3 Å². The molecular formula is C17H18N2O3S. The molecule has 1 atom stereocenters. The largest absolute Gasteiger partial charge is 0.480 e. The number of nitrogens with zero attached hydrogens (tertiary/aromatic N) is 2. The molecule has 1 aromatic carbocycles. The number of rotatable bonds is 3. The highest BCUT2D eigenvalue weighted by atomic mass is 32.1. The fourth-order valence-corrected chi connectivity index (χ4v) is 3.53. The lowest BCUT2D eigenvalue weighted by Gasteiger charge is -2.33. The summed E-state index contributed by atoms with van der Waals surface area (Å²) in [6.45, 7) is 2.43. The zero-order valence-corrected chi connectivity index (χ0v) is 13.7. The highest BCUT2D eigenvalue weighted by Gasteiger charge is 2.32. The second-order valence-electron chi connectivity index (χ2n) is 5.68. The number of aromatic nitrogens is 1. The van der Waals surface area contributed by atoms with Gasteiger partial charge in [0.05, 0.1) is 10.7 Å². The average Bonchev–Trinajstić information content (AvgIpc) is 3.01. The Morgan fingerprint density at radius 1 is 1.35 bits per heavy atom. The first-order valence-electron chi connectivity index (χ1n) is 7.62. The van der Waals surface area contributed by atoms with Gasteiger partial charge in [-0.1, -0.05) is 12.1 Å². The van der Waals surface area contributed by atoms with Crippen LogP contribution in [0.3, 0.4) is 0 Å². The van der Waals surface area contributed by atoms with Crippen molar-refractivity contribution in [3.05, 3.63) is 40.2 Å². The van der Waals surface area contributed by atoms with E-state index in [1.165, 1.54) is 4.90 Å². The van der Waals surface area contributed by atoms with Gasteiger partial charge >= 0.3 is 5.97 Å². The van der Waals surface area contributed by atoms with E-state index in [0.29, 0.717) is 18.5 Å². The highest BCUT2D eigenvalue weighted by Crippen LogP contribution is 2.25. The summed E-state index contributed by atoms with van der Waals surface area (Å²) < 4.78 is 0. The maximum atomic E-state index is 12.7. The molecule has 1 aromatic heterocycles. The molecule has 0 spiro atoms. The first-order chi connectivity index (χ1) is 11.1. The van der Waals surface area contributed by atoms with Crippen molar-refractivity contribution < 1.29 is 14.7 Å². The summed E-state index contributed by atoms with van der Waals surface area (Å²) in [6.07, 6.45) is 2.21. The van der Waals surface area contributed by atoms with Gasteiger partial charge in [0, 0.05) is 23.1 Å². The van der Waals surface area contributed by atoms with Crippen molar-refractivity contribution in [2.24, 2.45) is 0 Å². The second kappa shape index (κ2) is 6.50. The summed E-state index contributed by atoms with van der Waals surface area (Å²) in [5.74, 6) is -1.14. The first kappa shape index (κ1) is 15.7. The molecule has 1 saturated heterocycles. The van der Waals surface area contributed by atoms with E-state index in [9.17, 15) is 14.7 Å². The van der Waals surface area contributed by atoms with Crippen molar-refractivity contribution in [3.63, 3.8) is 0 Å². The van der Waals surface area contributed by atoms with Crippen molar-refractivity contribution in [2.75, 3.05) is 6.54 Å². The van der Waals surface area contributed by atoms with Gasteiger partial charge in [0.25, 0.3) is 5.91 Å². The zero-order chi connectivity index (χ0) is 16.4. The number of carbonyl (C=O) groups is 2. The standard InChI is InChI=1S/C17H18N2O3S/c1-11-18-14(10-23-11)12-5-4-6-13(9-12)16(20)19-8-3-2-7-15(19)17(21)22/h4-6,9-10,15H,2-3,7-8H2,1H3,(H,21,22). The molecule has 0 saturated carbocycles. The Morgan fingerprint density at radius 2 is 2.17 bits per heavy atom. The van der Waals surface area contributed by atoms with Crippen LogP contribution in [0.2, 0.25) is 0 Å². The molecule has 0 aliphatic carbocycles. The monoisotopic (exact) mass is 330 g/mol. The third-order valence-corrected chi connectivity index (χ3v) is 4.85. The lowest BCUT2D eigenvalue weighted by molar-refractivity contribution is -0.143. The molecule has 0 radical (unpaired) electrons. The minimum atomic E-state index is -0.927. The fraction of sp³-hybridized carbons (Fsp3) is 0.353. The third kappa shape index (κ3) is 3.27. The lowest BCUT2D eigenvalue weighted by Crippen LogP contribution is -2.47. The number of aliphatic carboxylic acids is 1. The molecule has 1 aliphatic heterocycles. The highest BCUT2D eigenvalue weighted by molar-refractivity contribution is 7.09. The van der Waals surface area contributed by atoms with E-state index < -0.39 is 12.0 Å². The molecule has 120 valence electrons. The molecule has 1 N–H and O–H groups in total. The molecule has 1 unspecified atom stereocenters. The first-order valence-corrected chi connectivity index (χ1v) is 8.50. The van der Waals surface area contributed by atoms with Crippen LogP contribution in [0.4, 0.5) is 0 Å². The Bertz CT molecular complexity index is 741. The summed E-state index contributed by atoms with van der Waals surface area (Å²) in [4.78, 5) is 30.1. The van der Waals surface area contributed by atoms with E-state index in [0.717, 1.165) is 29.1 Å². The van der Waals surface area contributed by atoms with E-state index in [-0.39, 0.29) is 5.91 Å². The minimum absolute atomic E-state index is 0.217. The quantitative estimate of drug-likeness (QED) is 0.938. The maximum absolute atomic E-state index is 12.7. The summed E-state index contributed by atoms with van der Waals surface area (Å²) in [5, 5.41) is 12.3. The molecule has 3 rings (SSSR count). The normalized spacial score (nSPS) is 18.0. The van der Waals surface area contributed by atoms with Crippen LogP contribution < -0.4 is 0 Å². The molecular weight excluding hydrogens is 312 g/mol. The van der Waals surface area contributed by atoms with Crippen molar-refractivity contribution in [3.8, 4) is 11.3 Å². The Hall–Kier alpha value is -2.21. The Morgan fingerprint density at radius 3 is 2.87 bits per heavy atom. The topological polar surface area (TPSA) is 70.5 Å². The Balaban J connectivity index is 1.88. The summed E-state index contributed by atoms with van der Waals surface area (Å²) >= 11 is 1.56. The smallest absolute Gasteiger partial charge is 0.326 e. The molecule has 1 amide bonds. The number of amides is 1. The van der Waals surface area contributed by atoms with Crippen LogP contribution in [0.1, 0.15) is 34.6 Å². The van der Waals surface area contributed by atoms with Gasteiger partial charge in [-0.2, -0.15) is 0 Å². The number of aryl methyl sites for hydroxylation is 1. The third-order valence-electron chi connectivity index (χ3n) is 4.07. The van der Waals surface area contributed by atoms with E-state index in [4.69, 9.17) is 0 Å². The van der Waals surface area contributed by atoms with Crippen LogP contribution in [0.5, 0.6) is 0 Å². The summed E-state index contributed by atoms with van der Waals surface area (Å²) in [7, 11) is 0. The van der Waals surface area contributed by atoms with Crippen molar-refractivity contribution in [1.29, 1.82) is 0 Å². The Labute approximate surface area is 138 Å². The number of hydrogen-bond acceptors (Lipinski definition) is 4.